The summed E-state index contributed by atoms with van der Waals surface area (Å²) in [5, 5.41) is 0. The van der Waals surface area contributed by atoms with Gasteiger partial charge in [-0.15, -0.1) is 0 Å². The van der Waals surface area contributed by atoms with Gasteiger partial charge >= 0.3 is 5.97 Å². The minimum absolute atomic E-state index is 0.183. The first-order valence-electron chi connectivity index (χ1n) is 10.1. The molecule has 158 valence electrons. The number of esters is 1. The quantitative estimate of drug-likeness (QED) is 0.343. The van der Waals surface area contributed by atoms with Crippen molar-refractivity contribution in [1.29, 1.82) is 0 Å². The Labute approximate surface area is 176 Å². The molecule has 6 nitrogen and oxygen atoms in total. The fourth-order valence-electron chi connectivity index (χ4n) is 3.53. The van der Waals surface area contributed by atoms with Crippen LogP contribution in [0.5, 0.6) is 5.75 Å². The van der Waals surface area contributed by atoms with E-state index < -0.39 is 5.41 Å². The van der Waals surface area contributed by atoms with Crippen molar-refractivity contribution >= 4 is 23.5 Å². The van der Waals surface area contributed by atoms with Gasteiger partial charge in [-0.05, 0) is 63.1 Å². The highest BCUT2D eigenvalue weighted by Gasteiger charge is 2.36. The van der Waals surface area contributed by atoms with Crippen LogP contribution in [0.1, 0.15) is 60.2 Å². The van der Waals surface area contributed by atoms with E-state index in [4.69, 9.17) is 9.47 Å². The van der Waals surface area contributed by atoms with Crippen molar-refractivity contribution in [3.63, 3.8) is 0 Å². The van der Waals surface area contributed by atoms with Gasteiger partial charge in [-0.2, -0.15) is 0 Å². The standard InChI is InChI=1S/C24H27NO5/c1-24(2,23(28)29-3)15-7-4-8-16-30-18-13-11-17(12-14-18)25-21(26)19-9-5-6-10-20(19)22(25)27/h5-6,9-14H,4,7-8,15-16H2,1-3H3. The summed E-state index contributed by atoms with van der Waals surface area (Å²) in [7, 11) is 1.41. The fraction of sp³-hybridized carbons (Fsp3) is 0.375. The maximum Gasteiger partial charge on any atom is 0.311 e. The molecule has 1 aliphatic rings. The SMILES string of the molecule is COC(=O)C(C)(C)CCCCCOc1ccc(N2C(=O)c3ccccc3C2=O)cc1. The molecule has 30 heavy (non-hydrogen) atoms. The Hall–Kier alpha value is -3.15. The maximum absolute atomic E-state index is 12.5. The highest BCUT2D eigenvalue weighted by atomic mass is 16.5. The van der Waals surface area contributed by atoms with E-state index in [1.54, 1.807) is 48.5 Å². The molecule has 0 atom stereocenters. The molecule has 3 rings (SSSR count). The van der Waals surface area contributed by atoms with Crippen LogP contribution in [0.15, 0.2) is 48.5 Å². The first kappa shape index (κ1) is 21.6. The Morgan fingerprint density at radius 3 is 2.07 bits per heavy atom. The number of hydrogen-bond acceptors (Lipinski definition) is 5. The van der Waals surface area contributed by atoms with Crippen molar-refractivity contribution in [2.45, 2.75) is 39.5 Å². The third-order valence-electron chi connectivity index (χ3n) is 5.34. The average Bonchev–Trinajstić information content (AvgIpc) is 3.01. The van der Waals surface area contributed by atoms with Crippen LogP contribution >= 0.6 is 0 Å². The number of fused-ring (bicyclic) bond motifs is 1. The lowest BCUT2D eigenvalue weighted by molar-refractivity contribution is -0.151. The molecule has 0 bridgehead atoms. The minimum Gasteiger partial charge on any atom is -0.494 e. The molecule has 0 fully saturated rings. The normalized spacial score (nSPS) is 13.4. The predicted molar refractivity (Wildman–Crippen MR) is 114 cm³/mol. The summed E-state index contributed by atoms with van der Waals surface area (Å²) >= 11 is 0. The number of ether oxygens (including phenoxy) is 2. The van der Waals surface area contributed by atoms with E-state index in [2.05, 4.69) is 0 Å². The van der Waals surface area contributed by atoms with Gasteiger partial charge in [-0.3, -0.25) is 14.4 Å². The molecule has 0 saturated heterocycles. The predicted octanol–water partition coefficient (Wildman–Crippen LogP) is 4.63. The Morgan fingerprint density at radius 1 is 0.900 bits per heavy atom. The molecule has 0 N–H and O–H groups in total. The summed E-state index contributed by atoms with van der Waals surface area (Å²) in [6.45, 7) is 4.35. The topological polar surface area (TPSA) is 72.9 Å². The minimum atomic E-state index is -0.463. The molecular formula is C24H27NO5. The van der Waals surface area contributed by atoms with Gasteiger partial charge < -0.3 is 9.47 Å². The van der Waals surface area contributed by atoms with Gasteiger partial charge in [0.2, 0.25) is 0 Å². The van der Waals surface area contributed by atoms with Crippen LogP contribution in [-0.2, 0) is 9.53 Å². The number of imide groups is 1. The highest BCUT2D eigenvalue weighted by molar-refractivity contribution is 6.34. The number of rotatable bonds is 9. The Balaban J connectivity index is 1.46. The van der Waals surface area contributed by atoms with Crippen LogP contribution in [0.3, 0.4) is 0 Å². The smallest absolute Gasteiger partial charge is 0.311 e. The first-order valence-corrected chi connectivity index (χ1v) is 10.1. The number of carbonyl (C=O) groups excluding carboxylic acids is 3. The third-order valence-corrected chi connectivity index (χ3v) is 5.34. The third kappa shape index (κ3) is 4.53. The first-order chi connectivity index (χ1) is 14.3. The monoisotopic (exact) mass is 409 g/mol. The number of unbranched alkanes of at least 4 members (excludes halogenated alkanes) is 2. The maximum atomic E-state index is 12.5. The van der Waals surface area contributed by atoms with Crippen LogP contribution < -0.4 is 9.64 Å². The molecule has 0 aromatic heterocycles. The van der Waals surface area contributed by atoms with Crippen LogP contribution in [0, 0.1) is 5.41 Å². The average molecular weight is 409 g/mol. The lowest BCUT2D eigenvalue weighted by Gasteiger charge is -2.21. The largest absolute Gasteiger partial charge is 0.494 e. The van der Waals surface area contributed by atoms with Crippen molar-refractivity contribution in [2.75, 3.05) is 18.6 Å². The highest BCUT2D eigenvalue weighted by Crippen LogP contribution is 2.29. The van der Waals surface area contributed by atoms with Gasteiger partial charge in [0.1, 0.15) is 5.75 Å². The molecule has 1 heterocycles. The zero-order valence-electron chi connectivity index (χ0n) is 17.6. The van der Waals surface area contributed by atoms with Crippen molar-refractivity contribution in [1.82, 2.24) is 0 Å². The van der Waals surface area contributed by atoms with Crippen molar-refractivity contribution in [3.8, 4) is 5.75 Å². The van der Waals surface area contributed by atoms with Gasteiger partial charge in [0.25, 0.3) is 11.8 Å². The van der Waals surface area contributed by atoms with E-state index in [9.17, 15) is 14.4 Å². The summed E-state index contributed by atoms with van der Waals surface area (Å²) in [4.78, 5) is 37.9. The van der Waals surface area contributed by atoms with E-state index in [1.807, 2.05) is 13.8 Å². The van der Waals surface area contributed by atoms with Crippen molar-refractivity contribution in [2.24, 2.45) is 5.41 Å². The van der Waals surface area contributed by atoms with E-state index in [-0.39, 0.29) is 17.8 Å². The van der Waals surface area contributed by atoms with Crippen LogP contribution in [0.2, 0.25) is 0 Å². The van der Waals surface area contributed by atoms with Crippen LogP contribution in [0.4, 0.5) is 5.69 Å². The van der Waals surface area contributed by atoms with Gasteiger partial charge in [0.05, 0.1) is 35.9 Å². The zero-order chi connectivity index (χ0) is 21.7. The summed E-state index contributed by atoms with van der Waals surface area (Å²) in [6, 6.07) is 13.8. The number of amides is 2. The Bertz CT molecular complexity index is 898. The second-order valence-corrected chi connectivity index (χ2v) is 8.02. The van der Waals surface area contributed by atoms with Crippen molar-refractivity contribution in [3.05, 3.63) is 59.7 Å². The van der Waals surface area contributed by atoms with Gasteiger partial charge in [0, 0.05) is 0 Å². The molecule has 6 heteroatoms. The van der Waals surface area contributed by atoms with E-state index >= 15 is 0 Å². The summed E-state index contributed by atoms with van der Waals surface area (Å²) in [5.41, 5.74) is 0.921. The molecule has 0 unspecified atom stereocenters. The molecule has 2 aromatic carbocycles. The summed E-state index contributed by atoms with van der Waals surface area (Å²) in [6.07, 6.45) is 3.52. The lowest BCUT2D eigenvalue weighted by atomic mass is 9.87. The van der Waals surface area contributed by atoms with E-state index in [0.717, 1.165) is 25.7 Å². The molecule has 0 aliphatic carbocycles. The molecular weight excluding hydrogens is 382 g/mol. The molecule has 2 amide bonds. The van der Waals surface area contributed by atoms with Gasteiger partial charge in [-0.1, -0.05) is 25.0 Å². The molecule has 0 radical (unpaired) electrons. The summed E-state index contributed by atoms with van der Waals surface area (Å²) in [5.74, 6) is -0.111. The number of hydrogen-bond donors (Lipinski definition) is 0. The number of nitrogens with zero attached hydrogens (tertiary/aromatic N) is 1. The lowest BCUT2D eigenvalue weighted by Crippen LogP contribution is -2.29. The molecule has 0 spiro atoms. The van der Waals surface area contributed by atoms with Gasteiger partial charge in [0.15, 0.2) is 0 Å². The number of carbonyl (C=O) groups is 3. The zero-order valence-corrected chi connectivity index (χ0v) is 17.6. The Kier molecular flexibility index (Phi) is 6.55. The Morgan fingerprint density at radius 2 is 1.50 bits per heavy atom. The van der Waals surface area contributed by atoms with Crippen LogP contribution in [-0.4, -0.2) is 31.5 Å². The number of anilines is 1. The van der Waals surface area contributed by atoms with Crippen LogP contribution in [0.25, 0.3) is 0 Å². The molecule has 2 aromatic rings. The molecule has 0 saturated carbocycles. The summed E-state index contributed by atoms with van der Waals surface area (Å²) < 4.78 is 10.6. The number of benzene rings is 2. The van der Waals surface area contributed by atoms with E-state index in [0.29, 0.717) is 29.2 Å². The van der Waals surface area contributed by atoms with Gasteiger partial charge in [-0.25, -0.2) is 4.90 Å². The van der Waals surface area contributed by atoms with E-state index in [1.165, 1.54) is 12.0 Å². The molecule has 1 aliphatic heterocycles. The second kappa shape index (κ2) is 9.11. The second-order valence-electron chi connectivity index (χ2n) is 8.02. The fourth-order valence-corrected chi connectivity index (χ4v) is 3.53. The van der Waals surface area contributed by atoms with Crippen molar-refractivity contribution < 1.29 is 23.9 Å². The number of methoxy groups -OCH3 is 1.